The molecule has 1 saturated heterocycles. The van der Waals surface area contributed by atoms with Crippen LogP contribution in [0.2, 0.25) is 18.1 Å². The molecule has 0 radical (unpaired) electrons. The van der Waals surface area contributed by atoms with E-state index in [2.05, 4.69) is 50.7 Å². The van der Waals surface area contributed by atoms with E-state index in [0.29, 0.717) is 12.4 Å². The molecular formula is C22H32F3N3O6S2Si. The normalized spacial score (nSPS) is 20.4. The van der Waals surface area contributed by atoms with Crippen molar-refractivity contribution in [3.63, 3.8) is 0 Å². The van der Waals surface area contributed by atoms with Crippen LogP contribution in [0.15, 0.2) is 15.8 Å². The first kappa shape index (κ1) is 31.5. The van der Waals surface area contributed by atoms with Crippen molar-refractivity contribution in [1.82, 2.24) is 14.9 Å². The van der Waals surface area contributed by atoms with Crippen molar-refractivity contribution < 1.29 is 31.9 Å². The van der Waals surface area contributed by atoms with Crippen LogP contribution in [-0.2, 0) is 18.7 Å². The highest BCUT2D eigenvalue weighted by atomic mass is 33.1. The number of alkyl halides is 3. The number of rotatable bonds is 9. The molecule has 0 saturated carbocycles. The predicted octanol–water partition coefficient (Wildman–Crippen LogP) is 3.23. The van der Waals surface area contributed by atoms with Crippen molar-refractivity contribution in [2.24, 2.45) is 0 Å². The number of carbonyl (C=O) groups excluding carboxylic acids is 1. The molecule has 0 spiro atoms. The van der Waals surface area contributed by atoms with Crippen molar-refractivity contribution in [2.75, 3.05) is 25.3 Å². The zero-order chi connectivity index (χ0) is 28.0. The standard InChI is InChI=1S/C22H32F3N3O6S2Si/c1-21(2,3)37(5,6)33-12-16-15(32-13-36-35-4)10-17(34-16)28-11-14(18(29)27-20(28)31)8-7-9-26-19(30)22(23,24)25/h11,15-17H,9-10,12-13H2,1-6H3,(H,26,30)(H,27,29,31)/t15?,16-,17-/m1/s1. The highest BCUT2D eigenvalue weighted by Gasteiger charge is 2.42. The third kappa shape index (κ3) is 8.93. The minimum atomic E-state index is -5.04. The van der Waals surface area contributed by atoms with Gasteiger partial charge in [-0.3, -0.25) is 19.1 Å². The lowest BCUT2D eigenvalue weighted by Crippen LogP contribution is -2.44. The van der Waals surface area contributed by atoms with E-state index >= 15 is 0 Å². The molecule has 0 aliphatic carbocycles. The molecule has 0 aromatic carbocycles. The molecule has 37 heavy (non-hydrogen) atoms. The van der Waals surface area contributed by atoms with Gasteiger partial charge in [-0.15, -0.1) is 0 Å². The Bertz CT molecular complexity index is 1120. The maximum Gasteiger partial charge on any atom is 0.471 e. The largest absolute Gasteiger partial charge is 0.471 e. The average Bonchev–Trinajstić information content (AvgIpc) is 3.17. The van der Waals surface area contributed by atoms with E-state index in [1.54, 1.807) is 16.1 Å². The number of hydrogen-bond donors (Lipinski definition) is 2. The SMILES string of the molecule is CSSCOC1C[C@H](n2cc(C#CCNC(=O)C(F)(F)F)c(=O)[nH]c2=O)O[C@@H]1CO[Si](C)(C)C(C)(C)C. The van der Waals surface area contributed by atoms with Crippen LogP contribution < -0.4 is 16.6 Å². The van der Waals surface area contributed by atoms with Gasteiger partial charge in [0.15, 0.2) is 8.32 Å². The van der Waals surface area contributed by atoms with Crippen molar-refractivity contribution in [3.05, 3.63) is 32.6 Å². The number of hydrogen-bond acceptors (Lipinski definition) is 8. The molecule has 208 valence electrons. The summed E-state index contributed by atoms with van der Waals surface area (Å²) in [4.78, 5) is 37.8. The van der Waals surface area contributed by atoms with Gasteiger partial charge in [0.05, 0.1) is 19.3 Å². The van der Waals surface area contributed by atoms with Gasteiger partial charge >= 0.3 is 17.8 Å². The Kier molecular flexibility index (Phi) is 11.0. The molecule has 2 heterocycles. The first-order valence-corrected chi connectivity index (χ1v) is 17.0. The monoisotopic (exact) mass is 583 g/mol. The highest BCUT2D eigenvalue weighted by Crippen LogP contribution is 2.38. The van der Waals surface area contributed by atoms with E-state index in [4.69, 9.17) is 13.9 Å². The van der Waals surface area contributed by atoms with Gasteiger partial charge in [0.1, 0.15) is 23.8 Å². The maximum absolute atomic E-state index is 12.6. The number of aromatic amines is 1. The van der Waals surface area contributed by atoms with E-state index in [0.717, 1.165) is 0 Å². The van der Waals surface area contributed by atoms with Crippen molar-refractivity contribution in [3.8, 4) is 11.8 Å². The van der Waals surface area contributed by atoms with Gasteiger partial charge in [-0.1, -0.05) is 54.2 Å². The summed E-state index contributed by atoms with van der Waals surface area (Å²) in [5.41, 5.74) is -1.70. The van der Waals surface area contributed by atoms with E-state index in [-0.39, 0.29) is 23.3 Å². The Morgan fingerprint density at radius 2 is 2.00 bits per heavy atom. The Balaban J connectivity index is 2.22. The van der Waals surface area contributed by atoms with Gasteiger partial charge in [-0.05, 0) is 24.4 Å². The maximum atomic E-state index is 12.6. The second-order valence-corrected chi connectivity index (χ2v) is 17.1. The van der Waals surface area contributed by atoms with Crippen molar-refractivity contribution in [1.29, 1.82) is 0 Å². The summed E-state index contributed by atoms with van der Waals surface area (Å²) in [6.07, 6.45) is -3.24. The van der Waals surface area contributed by atoms with Crippen LogP contribution in [0.3, 0.4) is 0 Å². The van der Waals surface area contributed by atoms with Crippen LogP contribution in [-0.4, -0.2) is 67.5 Å². The summed E-state index contributed by atoms with van der Waals surface area (Å²) in [5, 5.41) is 1.58. The number of H-pyrrole nitrogens is 1. The Morgan fingerprint density at radius 1 is 1.32 bits per heavy atom. The zero-order valence-corrected chi connectivity index (χ0v) is 24.1. The van der Waals surface area contributed by atoms with Crippen LogP contribution in [0, 0.1) is 11.8 Å². The van der Waals surface area contributed by atoms with Crippen molar-refractivity contribution in [2.45, 2.75) is 69.9 Å². The number of nitrogens with zero attached hydrogens (tertiary/aromatic N) is 1. The first-order valence-electron chi connectivity index (χ1n) is 11.3. The second kappa shape index (κ2) is 12.9. The average molecular weight is 584 g/mol. The summed E-state index contributed by atoms with van der Waals surface area (Å²) in [6, 6.07) is 0. The number of nitrogens with one attached hydrogen (secondary N) is 2. The highest BCUT2D eigenvalue weighted by molar-refractivity contribution is 8.76. The lowest BCUT2D eigenvalue weighted by molar-refractivity contribution is -0.173. The van der Waals surface area contributed by atoms with E-state index in [1.807, 2.05) is 6.26 Å². The fraction of sp³-hybridized carbons (Fsp3) is 0.682. The Morgan fingerprint density at radius 3 is 2.59 bits per heavy atom. The molecule has 3 atom stereocenters. The second-order valence-electron chi connectivity index (χ2n) is 9.74. The van der Waals surface area contributed by atoms with Crippen LogP contribution in [0.4, 0.5) is 13.2 Å². The predicted molar refractivity (Wildman–Crippen MR) is 140 cm³/mol. The molecule has 1 aromatic rings. The number of amides is 1. The van der Waals surface area contributed by atoms with Crippen LogP contribution in [0.25, 0.3) is 0 Å². The lowest BCUT2D eigenvalue weighted by atomic mass is 10.2. The molecule has 15 heteroatoms. The van der Waals surface area contributed by atoms with Gasteiger partial charge in [0.2, 0.25) is 0 Å². The van der Waals surface area contributed by atoms with Crippen LogP contribution in [0.5, 0.6) is 0 Å². The Hall–Kier alpha value is -1.70. The molecular weight excluding hydrogens is 551 g/mol. The molecule has 1 aliphatic heterocycles. The van der Waals surface area contributed by atoms with Crippen LogP contribution >= 0.6 is 21.6 Å². The fourth-order valence-electron chi connectivity index (χ4n) is 3.02. The van der Waals surface area contributed by atoms with E-state index < -0.39 is 50.5 Å². The number of ether oxygens (including phenoxy) is 2. The molecule has 1 aliphatic rings. The minimum absolute atomic E-state index is 0.0148. The summed E-state index contributed by atoms with van der Waals surface area (Å²) in [6.45, 7) is 10.2. The number of carbonyl (C=O) groups is 1. The molecule has 1 aromatic heterocycles. The molecule has 2 rings (SSSR count). The van der Waals surface area contributed by atoms with Gasteiger partial charge in [0, 0.05) is 12.6 Å². The van der Waals surface area contributed by atoms with Gasteiger partial charge in [-0.25, -0.2) is 4.79 Å². The van der Waals surface area contributed by atoms with E-state index in [9.17, 15) is 27.6 Å². The number of aromatic nitrogens is 2. The summed E-state index contributed by atoms with van der Waals surface area (Å²) < 4.78 is 56.5. The number of halogens is 3. The molecule has 1 fully saturated rings. The van der Waals surface area contributed by atoms with Gasteiger partial charge in [0.25, 0.3) is 5.56 Å². The summed E-state index contributed by atoms with van der Waals surface area (Å²) in [5.74, 6) is 2.93. The first-order chi connectivity index (χ1) is 17.1. The molecule has 1 unspecified atom stereocenters. The quantitative estimate of drug-likeness (QED) is 0.150. The lowest BCUT2D eigenvalue weighted by Gasteiger charge is -2.37. The van der Waals surface area contributed by atoms with Gasteiger partial charge in [-0.2, -0.15) is 13.2 Å². The molecule has 2 N–H and O–H groups in total. The van der Waals surface area contributed by atoms with E-state index in [1.165, 1.54) is 21.6 Å². The summed E-state index contributed by atoms with van der Waals surface area (Å²) >= 11 is 0. The zero-order valence-electron chi connectivity index (χ0n) is 21.5. The molecule has 9 nitrogen and oxygen atoms in total. The smallest absolute Gasteiger partial charge is 0.414 e. The minimum Gasteiger partial charge on any atom is -0.414 e. The van der Waals surface area contributed by atoms with Gasteiger partial charge < -0.3 is 19.2 Å². The topological polar surface area (TPSA) is 112 Å². The summed E-state index contributed by atoms with van der Waals surface area (Å²) in [7, 11) is 0.980. The molecule has 1 amide bonds. The van der Waals surface area contributed by atoms with Crippen molar-refractivity contribution >= 4 is 35.8 Å². The molecule has 0 bridgehead atoms. The van der Waals surface area contributed by atoms with Crippen LogP contribution in [0.1, 0.15) is 39.0 Å². The third-order valence-electron chi connectivity index (χ3n) is 6.14. The fourth-order valence-corrected chi connectivity index (χ4v) is 4.82. The Labute approximate surface area is 222 Å². The third-order valence-corrected chi connectivity index (χ3v) is 12.1.